The van der Waals surface area contributed by atoms with Gasteiger partial charge in [-0.05, 0) is 31.4 Å². The van der Waals surface area contributed by atoms with Gasteiger partial charge in [-0.2, -0.15) is 5.26 Å². The van der Waals surface area contributed by atoms with Gasteiger partial charge in [-0.3, -0.25) is 0 Å². The average molecular weight is 339 g/mol. The molecule has 4 rings (SSSR count). The van der Waals surface area contributed by atoms with Crippen LogP contribution < -0.4 is 10.2 Å². The number of nitrogens with zero attached hydrogens (tertiary/aromatic N) is 6. The van der Waals surface area contributed by atoms with E-state index in [1.165, 1.54) is 0 Å². The Morgan fingerprint density at radius 3 is 3.25 bits per heavy atom. The highest BCUT2D eigenvalue weighted by Gasteiger charge is 2.25. The molecule has 0 amide bonds. The van der Waals surface area contributed by atoms with Gasteiger partial charge in [-0.25, -0.2) is 14.5 Å². The van der Waals surface area contributed by atoms with E-state index < -0.39 is 0 Å². The highest BCUT2D eigenvalue weighted by molar-refractivity contribution is 7.20. The van der Waals surface area contributed by atoms with Gasteiger partial charge in [0, 0.05) is 25.8 Å². The first kappa shape index (κ1) is 14.9. The third kappa shape index (κ3) is 2.78. The molecule has 0 aliphatic carbocycles. The maximum atomic E-state index is 9.12. The molecule has 1 saturated heterocycles. The molecule has 3 aromatic heterocycles. The van der Waals surface area contributed by atoms with Gasteiger partial charge in [0.1, 0.15) is 11.9 Å². The topological polar surface area (TPSA) is 82.1 Å². The molecule has 1 unspecified atom stereocenters. The van der Waals surface area contributed by atoms with Crippen molar-refractivity contribution in [2.45, 2.75) is 13.3 Å². The van der Waals surface area contributed by atoms with Crippen LogP contribution in [0.3, 0.4) is 0 Å². The van der Waals surface area contributed by atoms with E-state index in [4.69, 9.17) is 5.26 Å². The Morgan fingerprint density at radius 2 is 2.42 bits per heavy atom. The molecular weight excluding hydrogens is 322 g/mol. The van der Waals surface area contributed by atoms with Gasteiger partial charge in [0.25, 0.3) is 0 Å². The van der Waals surface area contributed by atoms with Crippen molar-refractivity contribution in [3.63, 3.8) is 0 Å². The molecule has 1 atom stereocenters. The summed E-state index contributed by atoms with van der Waals surface area (Å²) in [6.07, 6.45) is 4.76. The lowest BCUT2D eigenvalue weighted by Crippen LogP contribution is -2.22. The van der Waals surface area contributed by atoms with E-state index in [-0.39, 0.29) is 0 Å². The number of anilines is 2. The zero-order chi connectivity index (χ0) is 16.5. The van der Waals surface area contributed by atoms with E-state index in [9.17, 15) is 0 Å². The molecule has 1 aliphatic rings. The van der Waals surface area contributed by atoms with Crippen molar-refractivity contribution in [3.8, 4) is 6.07 Å². The maximum absolute atomic E-state index is 9.12. The smallest absolute Gasteiger partial charge is 0.214 e. The molecule has 1 fully saturated rings. The zero-order valence-corrected chi connectivity index (χ0v) is 14.1. The first-order valence-corrected chi connectivity index (χ1v) is 8.71. The third-order valence-electron chi connectivity index (χ3n) is 4.20. The number of imidazole rings is 1. The highest BCUT2D eigenvalue weighted by Crippen LogP contribution is 2.28. The van der Waals surface area contributed by atoms with E-state index in [0.717, 1.165) is 41.8 Å². The van der Waals surface area contributed by atoms with Gasteiger partial charge in [0.05, 0.1) is 17.5 Å². The summed E-state index contributed by atoms with van der Waals surface area (Å²) in [5, 5.41) is 18.1. The SMILES string of the molecule is Cc1cn2nc(N3CCC(CNc4ncccc4C#N)C3)sc2n1. The van der Waals surface area contributed by atoms with Gasteiger partial charge in [0.15, 0.2) is 0 Å². The molecule has 7 nitrogen and oxygen atoms in total. The summed E-state index contributed by atoms with van der Waals surface area (Å²) >= 11 is 1.63. The highest BCUT2D eigenvalue weighted by atomic mass is 32.1. The van der Waals surface area contributed by atoms with E-state index in [1.807, 2.05) is 17.6 Å². The van der Waals surface area contributed by atoms with Gasteiger partial charge < -0.3 is 10.2 Å². The van der Waals surface area contributed by atoms with Crippen LogP contribution in [0.25, 0.3) is 4.96 Å². The lowest BCUT2D eigenvalue weighted by molar-refractivity contribution is 0.621. The van der Waals surface area contributed by atoms with Crippen molar-refractivity contribution in [2.75, 3.05) is 29.9 Å². The Labute approximate surface area is 143 Å². The van der Waals surface area contributed by atoms with Crippen LogP contribution >= 0.6 is 11.3 Å². The second-order valence-electron chi connectivity index (χ2n) is 5.99. The lowest BCUT2D eigenvalue weighted by Gasteiger charge is -2.15. The van der Waals surface area contributed by atoms with Crippen LogP contribution in [-0.2, 0) is 0 Å². The molecule has 0 saturated carbocycles. The summed E-state index contributed by atoms with van der Waals surface area (Å²) in [5.41, 5.74) is 1.58. The van der Waals surface area contributed by atoms with Crippen molar-refractivity contribution in [3.05, 3.63) is 35.8 Å². The van der Waals surface area contributed by atoms with Crippen molar-refractivity contribution >= 4 is 27.2 Å². The Kier molecular flexibility index (Phi) is 3.78. The van der Waals surface area contributed by atoms with E-state index in [0.29, 0.717) is 17.3 Å². The Bertz CT molecular complexity index is 875. The predicted molar refractivity (Wildman–Crippen MR) is 93.4 cm³/mol. The lowest BCUT2D eigenvalue weighted by atomic mass is 10.1. The van der Waals surface area contributed by atoms with Crippen LogP contribution in [0.4, 0.5) is 10.9 Å². The largest absolute Gasteiger partial charge is 0.369 e. The number of pyridine rings is 1. The Morgan fingerprint density at radius 1 is 1.50 bits per heavy atom. The fraction of sp³-hybridized carbons (Fsp3) is 0.375. The molecule has 24 heavy (non-hydrogen) atoms. The number of nitrogens with one attached hydrogen (secondary N) is 1. The van der Waals surface area contributed by atoms with Crippen LogP contribution in [0.1, 0.15) is 17.7 Å². The molecule has 8 heteroatoms. The van der Waals surface area contributed by atoms with Crippen LogP contribution in [0, 0.1) is 24.2 Å². The Balaban J connectivity index is 1.39. The monoisotopic (exact) mass is 339 g/mol. The number of rotatable bonds is 4. The van der Waals surface area contributed by atoms with Gasteiger partial charge in [-0.1, -0.05) is 11.3 Å². The van der Waals surface area contributed by atoms with E-state index in [1.54, 1.807) is 29.7 Å². The number of hydrogen-bond donors (Lipinski definition) is 1. The first-order chi connectivity index (χ1) is 11.7. The molecule has 0 bridgehead atoms. The maximum Gasteiger partial charge on any atom is 0.214 e. The first-order valence-electron chi connectivity index (χ1n) is 7.89. The average Bonchev–Trinajstić information content (AvgIpc) is 3.27. The van der Waals surface area contributed by atoms with Crippen molar-refractivity contribution in [2.24, 2.45) is 5.92 Å². The molecule has 1 N–H and O–H groups in total. The minimum Gasteiger partial charge on any atom is -0.369 e. The quantitative estimate of drug-likeness (QED) is 0.785. The molecular formula is C16H17N7S. The molecule has 4 heterocycles. The van der Waals surface area contributed by atoms with Crippen molar-refractivity contribution in [1.82, 2.24) is 19.6 Å². The number of fused-ring (bicyclic) bond motifs is 1. The normalized spacial score (nSPS) is 17.3. The summed E-state index contributed by atoms with van der Waals surface area (Å²) in [6.45, 7) is 4.74. The summed E-state index contributed by atoms with van der Waals surface area (Å²) in [5.74, 6) is 1.18. The molecule has 122 valence electrons. The summed E-state index contributed by atoms with van der Waals surface area (Å²) in [7, 11) is 0. The molecule has 0 spiro atoms. The van der Waals surface area contributed by atoms with E-state index in [2.05, 4.69) is 31.4 Å². The second-order valence-corrected chi connectivity index (χ2v) is 6.92. The minimum absolute atomic E-state index is 0.511. The Hall–Kier alpha value is -2.66. The van der Waals surface area contributed by atoms with Crippen molar-refractivity contribution in [1.29, 1.82) is 5.26 Å². The molecule has 1 aliphatic heterocycles. The van der Waals surface area contributed by atoms with Crippen molar-refractivity contribution < 1.29 is 0 Å². The summed E-state index contributed by atoms with van der Waals surface area (Å²) in [4.78, 5) is 12.0. The fourth-order valence-corrected chi connectivity index (χ4v) is 3.94. The van der Waals surface area contributed by atoms with Crippen LogP contribution in [0.5, 0.6) is 0 Å². The summed E-state index contributed by atoms with van der Waals surface area (Å²) < 4.78 is 1.86. The molecule has 0 radical (unpaired) electrons. The standard InChI is InChI=1S/C16H17N7S/c1-11-9-23-15(20-11)24-16(21-23)22-6-4-12(10-22)8-19-14-13(7-17)3-2-5-18-14/h2-3,5,9,12H,4,6,8,10H2,1H3,(H,18,19). The van der Waals surface area contributed by atoms with Crippen LogP contribution in [-0.4, -0.2) is 39.2 Å². The zero-order valence-electron chi connectivity index (χ0n) is 13.3. The number of nitriles is 1. The van der Waals surface area contributed by atoms with Gasteiger partial charge >= 0.3 is 0 Å². The van der Waals surface area contributed by atoms with Gasteiger partial charge in [-0.15, -0.1) is 5.10 Å². The van der Waals surface area contributed by atoms with Crippen LogP contribution in [0.15, 0.2) is 24.5 Å². The predicted octanol–water partition coefficient (Wildman–Crippen LogP) is 2.30. The number of aromatic nitrogens is 4. The van der Waals surface area contributed by atoms with Gasteiger partial charge in [0.2, 0.25) is 10.1 Å². The minimum atomic E-state index is 0.511. The second kappa shape index (κ2) is 6.09. The van der Waals surface area contributed by atoms with Crippen LogP contribution in [0.2, 0.25) is 0 Å². The third-order valence-corrected chi connectivity index (χ3v) is 5.18. The molecule has 0 aromatic carbocycles. The van der Waals surface area contributed by atoms with E-state index >= 15 is 0 Å². The number of aryl methyl sites for hydroxylation is 1. The summed E-state index contributed by atoms with van der Waals surface area (Å²) in [6, 6.07) is 5.73. The number of hydrogen-bond acceptors (Lipinski definition) is 7. The molecule has 3 aromatic rings. The fourth-order valence-electron chi connectivity index (χ4n) is 2.98.